The Hall–Kier alpha value is -0.640. The van der Waals surface area contributed by atoms with Crippen molar-refractivity contribution in [3.63, 3.8) is 0 Å². The Labute approximate surface area is 107 Å². The van der Waals surface area contributed by atoms with Crippen LogP contribution in [0, 0.1) is 5.82 Å². The molecule has 0 fully saturated rings. The molecule has 96 valence electrons. The maximum absolute atomic E-state index is 13.8. The highest BCUT2D eigenvalue weighted by atomic mass is 35.5. The average molecular weight is 260 g/mol. The first kappa shape index (κ1) is 14.4. The molecule has 1 N–H and O–H groups in total. The van der Waals surface area contributed by atoms with Gasteiger partial charge in [-0.15, -0.1) is 0 Å². The summed E-state index contributed by atoms with van der Waals surface area (Å²) in [6, 6.07) is 4.58. The molecule has 1 aromatic rings. The lowest BCUT2D eigenvalue weighted by Gasteiger charge is -2.25. The van der Waals surface area contributed by atoms with Crippen molar-refractivity contribution in [3.05, 3.63) is 34.6 Å². The van der Waals surface area contributed by atoms with Gasteiger partial charge >= 0.3 is 0 Å². The van der Waals surface area contributed by atoms with Crippen molar-refractivity contribution in [1.82, 2.24) is 5.32 Å². The van der Waals surface area contributed by atoms with E-state index >= 15 is 0 Å². The summed E-state index contributed by atoms with van der Waals surface area (Å²) in [7, 11) is 0. The van der Waals surface area contributed by atoms with Crippen molar-refractivity contribution in [1.29, 1.82) is 0 Å². The van der Waals surface area contributed by atoms with Crippen molar-refractivity contribution < 1.29 is 9.13 Å². The topological polar surface area (TPSA) is 21.3 Å². The quantitative estimate of drug-likeness (QED) is 0.844. The molecule has 4 heteroatoms. The number of ether oxygens (including phenoxy) is 1. The van der Waals surface area contributed by atoms with E-state index in [9.17, 15) is 4.39 Å². The molecule has 0 aliphatic carbocycles. The van der Waals surface area contributed by atoms with Crippen LogP contribution in [0.2, 0.25) is 5.02 Å². The van der Waals surface area contributed by atoms with E-state index in [0.29, 0.717) is 17.2 Å². The SMILES string of the molecule is CCNC(c1ccc(Cl)cc1F)C(C)OCC. The highest BCUT2D eigenvalue weighted by molar-refractivity contribution is 6.30. The molecule has 0 heterocycles. The predicted octanol–water partition coefficient (Wildman–Crippen LogP) is 3.55. The molecule has 0 radical (unpaired) electrons. The van der Waals surface area contributed by atoms with Crippen molar-refractivity contribution >= 4 is 11.6 Å². The Balaban J connectivity index is 2.96. The largest absolute Gasteiger partial charge is 0.377 e. The zero-order valence-corrected chi connectivity index (χ0v) is 11.2. The fraction of sp³-hybridized carbons (Fsp3) is 0.538. The van der Waals surface area contributed by atoms with Gasteiger partial charge in [0.25, 0.3) is 0 Å². The smallest absolute Gasteiger partial charge is 0.129 e. The third-order valence-corrected chi connectivity index (χ3v) is 2.86. The number of hydrogen-bond acceptors (Lipinski definition) is 2. The molecule has 0 saturated carbocycles. The lowest BCUT2D eigenvalue weighted by Crippen LogP contribution is -2.32. The zero-order chi connectivity index (χ0) is 12.8. The summed E-state index contributed by atoms with van der Waals surface area (Å²) in [5.74, 6) is -0.296. The van der Waals surface area contributed by atoms with Crippen LogP contribution in [-0.2, 0) is 4.74 Å². The molecule has 0 aromatic heterocycles. The van der Waals surface area contributed by atoms with Gasteiger partial charge in [0.2, 0.25) is 0 Å². The van der Waals surface area contributed by atoms with Gasteiger partial charge in [0.15, 0.2) is 0 Å². The Morgan fingerprint density at radius 3 is 2.65 bits per heavy atom. The molecule has 17 heavy (non-hydrogen) atoms. The van der Waals surface area contributed by atoms with E-state index in [0.717, 1.165) is 6.54 Å². The zero-order valence-electron chi connectivity index (χ0n) is 10.5. The van der Waals surface area contributed by atoms with Crippen LogP contribution in [0.1, 0.15) is 32.4 Å². The van der Waals surface area contributed by atoms with E-state index in [1.54, 1.807) is 12.1 Å². The molecule has 0 spiro atoms. The van der Waals surface area contributed by atoms with Gasteiger partial charge in [0, 0.05) is 17.2 Å². The van der Waals surface area contributed by atoms with Crippen LogP contribution in [0.5, 0.6) is 0 Å². The molecule has 2 nitrogen and oxygen atoms in total. The summed E-state index contributed by atoms with van der Waals surface area (Å²) in [5, 5.41) is 3.64. The second kappa shape index (κ2) is 6.94. The second-order valence-corrected chi connectivity index (χ2v) is 4.30. The minimum Gasteiger partial charge on any atom is -0.377 e. The van der Waals surface area contributed by atoms with Crippen molar-refractivity contribution in [2.45, 2.75) is 32.9 Å². The lowest BCUT2D eigenvalue weighted by molar-refractivity contribution is 0.0467. The minimum absolute atomic E-state index is 0.0874. The third kappa shape index (κ3) is 3.95. The normalized spacial score (nSPS) is 14.6. The van der Waals surface area contributed by atoms with Gasteiger partial charge in [-0.25, -0.2) is 4.39 Å². The van der Waals surface area contributed by atoms with Crippen LogP contribution in [0.15, 0.2) is 18.2 Å². The van der Waals surface area contributed by atoms with Gasteiger partial charge in [0.1, 0.15) is 5.82 Å². The van der Waals surface area contributed by atoms with Gasteiger partial charge in [-0.2, -0.15) is 0 Å². The predicted molar refractivity (Wildman–Crippen MR) is 68.9 cm³/mol. The van der Waals surface area contributed by atoms with E-state index < -0.39 is 0 Å². The molecule has 1 rings (SSSR count). The molecule has 0 bridgehead atoms. The van der Waals surface area contributed by atoms with Gasteiger partial charge in [-0.05, 0) is 32.5 Å². The molecular weight excluding hydrogens is 241 g/mol. The summed E-state index contributed by atoms with van der Waals surface area (Å²) in [6.45, 7) is 7.21. The fourth-order valence-corrected chi connectivity index (χ4v) is 2.02. The first-order valence-corrected chi connectivity index (χ1v) is 6.27. The number of rotatable bonds is 6. The highest BCUT2D eigenvalue weighted by Gasteiger charge is 2.21. The molecule has 1 aromatic carbocycles. The standard InChI is InChI=1S/C13H19ClFNO/c1-4-16-13(9(3)17-5-2)11-7-6-10(14)8-12(11)15/h6-9,13,16H,4-5H2,1-3H3. The molecule has 0 saturated heterocycles. The van der Waals surface area contributed by atoms with E-state index in [1.807, 2.05) is 20.8 Å². The summed E-state index contributed by atoms with van der Waals surface area (Å²) in [6.07, 6.45) is -0.0874. The van der Waals surface area contributed by atoms with Gasteiger partial charge in [-0.3, -0.25) is 0 Å². The maximum atomic E-state index is 13.8. The number of likely N-dealkylation sites (N-methyl/N-ethyl adjacent to an activating group) is 1. The van der Waals surface area contributed by atoms with Crippen LogP contribution in [0.3, 0.4) is 0 Å². The highest BCUT2D eigenvalue weighted by Crippen LogP contribution is 2.24. The minimum atomic E-state index is -0.296. The van der Waals surface area contributed by atoms with Crippen LogP contribution in [0.4, 0.5) is 4.39 Å². The van der Waals surface area contributed by atoms with E-state index in [2.05, 4.69) is 5.32 Å². The molecule has 0 aliphatic rings. The number of halogens is 2. The number of nitrogens with one attached hydrogen (secondary N) is 1. The van der Waals surface area contributed by atoms with Crippen LogP contribution in [0.25, 0.3) is 0 Å². The summed E-state index contributed by atoms with van der Waals surface area (Å²) in [5.41, 5.74) is 0.595. The van der Waals surface area contributed by atoms with Crippen molar-refractivity contribution in [2.24, 2.45) is 0 Å². The summed E-state index contributed by atoms with van der Waals surface area (Å²) < 4.78 is 19.4. The molecule has 2 unspecified atom stereocenters. The van der Waals surface area contributed by atoms with Gasteiger partial charge in [0.05, 0.1) is 12.1 Å². The van der Waals surface area contributed by atoms with Gasteiger partial charge in [-0.1, -0.05) is 24.6 Å². The first-order valence-electron chi connectivity index (χ1n) is 5.90. The molecular formula is C13H19ClFNO. The summed E-state index contributed by atoms with van der Waals surface area (Å²) in [4.78, 5) is 0. The Morgan fingerprint density at radius 1 is 1.41 bits per heavy atom. The van der Waals surface area contributed by atoms with Crippen molar-refractivity contribution in [3.8, 4) is 0 Å². The molecule has 0 aliphatic heterocycles. The molecule has 2 atom stereocenters. The Bertz CT molecular complexity index is 359. The van der Waals surface area contributed by atoms with Crippen LogP contribution >= 0.6 is 11.6 Å². The lowest BCUT2D eigenvalue weighted by atomic mass is 10.0. The average Bonchev–Trinajstić information content (AvgIpc) is 2.27. The maximum Gasteiger partial charge on any atom is 0.129 e. The number of benzene rings is 1. The summed E-state index contributed by atoms with van der Waals surface area (Å²) >= 11 is 5.75. The Kier molecular flexibility index (Phi) is 5.89. The third-order valence-electron chi connectivity index (χ3n) is 2.62. The molecule has 0 amide bonds. The monoisotopic (exact) mass is 259 g/mol. The number of hydrogen-bond donors (Lipinski definition) is 1. The fourth-order valence-electron chi connectivity index (χ4n) is 1.86. The van der Waals surface area contributed by atoms with Crippen LogP contribution < -0.4 is 5.32 Å². The second-order valence-electron chi connectivity index (χ2n) is 3.86. The van der Waals surface area contributed by atoms with E-state index in [4.69, 9.17) is 16.3 Å². The Morgan fingerprint density at radius 2 is 2.12 bits per heavy atom. The van der Waals surface area contributed by atoms with Crippen molar-refractivity contribution in [2.75, 3.05) is 13.2 Å². The van der Waals surface area contributed by atoms with Gasteiger partial charge < -0.3 is 10.1 Å². The van der Waals surface area contributed by atoms with E-state index in [1.165, 1.54) is 6.07 Å². The first-order chi connectivity index (χ1) is 8.10. The van der Waals surface area contributed by atoms with Crippen LogP contribution in [-0.4, -0.2) is 19.3 Å². The van der Waals surface area contributed by atoms with E-state index in [-0.39, 0.29) is 18.0 Å².